The van der Waals surface area contributed by atoms with Crippen molar-refractivity contribution in [1.29, 1.82) is 0 Å². The minimum absolute atomic E-state index is 0.0925. The van der Waals surface area contributed by atoms with Crippen molar-refractivity contribution in [1.82, 2.24) is 14.8 Å². The molecule has 5 nitrogen and oxygen atoms in total. The van der Waals surface area contributed by atoms with Crippen molar-refractivity contribution in [2.45, 2.75) is 13.8 Å². The molecule has 0 aliphatic rings. The predicted octanol–water partition coefficient (Wildman–Crippen LogP) is 1.97. The van der Waals surface area contributed by atoms with Crippen LogP contribution in [0.15, 0.2) is 24.3 Å². The monoisotopic (exact) mass is 245 g/mol. The van der Waals surface area contributed by atoms with E-state index in [-0.39, 0.29) is 5.82 Å². The van der Waals surface area contributed by atoms with Crippen molar-refractivity contribution < 1.29 is 9.53 Å². The molecule has 2 rings (SSSR count). The zero-order valence-corrected chi connectivity index (χ0v) is 10.7. The van der Waals surface area contributed by atoms with E-state index in [0.29, 0.717) is 12.4 Å². The number of aromatic nitrogens is 3. The second kappa shape index (κ2) is 5.00. The van der Waals surface area contributed by atoms with Crippen molar-refractivity contribution in [2.24, 2.45) is 7.05 Å². The molecular weight excluding hydrogens is 230 g/mol. The van der Waals surface area contributed by atoms with Crippen molar-refractivity contribution in [2.75, 3.05) is 6.61 Å². The molecule has 2 aromatic rings. The Bertz CT molecular complexity index is 558. The summed E-state index contributed by atoms with van der Waals surface area (Å²) in [7, 11) is 1.75. The number of benzene rings is 1. The maximum absolute atomic E-state index is 11.5. The van der Waals surface area contributed by atoms with Crippen LogP contribution in [0, 0.1) is 6.92 Å². The Labute approximate surface area is 105 Å². The van der Waals surface area contributed by atoms with E-state index in [1.807, 2.05) is 31.2 Å². The molecular formula is C13H15N3O2. The van der Waals surface area contributed by atoms with Crippen LogP contribution in [-0.2, 0) is 11.8 Å². The highest BCUT2D eigenvalue weighted by Crippen LogP contribution is 2.17. The number of esters is 1. The molecule has 18 heavy (non-hydrogen) atoms. The van der Waals surface area contributed by atoms with E-state index in [0.717, 1.165) is 5.56 Å². The summed E-state index contributed by atoms with van der Waals surface area (Å²) in [5, 5.41) is 4.06. The van der Waals surface area contributed by atoms with Gasteiger partial charge in [0.1, 0.15) is 0 Å². The zero-order valence-electron chi connectivity index (χ0n) is 10.7. The van der Waals surface area contributed by atoms with Crippen LogP contribution in [0.2, 0.25) is 0 Å². The van der Waals surface area contributed by atoms with Crippen LogP contribution in [0.5, 0.6) is 0 Å². The Morgan fingerprint density at radius 3 is 2.61 bits per heavy atom. The van der Waals surface area contributed by atoms with Gasteiger partial charge in [-0.2, -0.15) is 0 Å². The third kappa shape index (κ3) is 2.40. The fourth-order valence-electron chi connectivity index (χ4n) is 1.62. The third-order valence-electron chi connectivity index (χ3n) is 2.53. The Kier molecular flexibility index (Phi) is 3.41. The second-order valence-corrected chi connectivity index (χ2v) is 3.97. The van der Waals surface area contributed by atoms with Gasteiger partial charge in [0.05, 0.1) is 6.61 Å². The average Bonchev–Trinajstić information content (AvgIpc) is 2.73. The third-order valence-corrected chi connectivity index (χ3v) is 2.53. The number of nitrogens with zero attached hydrogens (tertiary/aromatic N) is 3. The minimum Gasteiger partial charge on any atom is -0.460 e. The van der Waals surface area contributed by atoms with Crippen molar-refractivity contribution in [3.05, 3.63) is 35.7 Å². The van der Waals surface area contributed by atoms with Crippen LogP contribution in [0.1, 0.15) is 23.1 Å². The van der Waals surface area contributed by atoms with E-state index in [1.54, 1.807) is 18.7 Å². The molecule has 1 heterocycles. The molecule has 0 N–H and O–H groups in total. The maximum atomic E-state index is 11.5. The Balaban J connectivity index is 2.34. The van der Waals surface area contributed by atoms with Gasteiger partial charge in [-0.3, -0.25) is 0 Å². The van der Waals surface area contributed by atoms with Gasteiger partial charge in [0.2, 0.25) is 0 Å². The molecule has 0 radical (unpaired) electrons. The van der Waals surface area contributed by atoms with Crippen LogP contribution in [0.25, 0.3) is 11.4 Å². The summed E-state index contributed by atoms with van der Waals surface area (Å²) in [5.41, 5.74) is 2.10. The zero-order chi connectivity index (χ0) is 13.1. The van der Waals surface area contributed by atoms with E-state index in [4.69, 9.17) is 4.74 Å². The van der Waals surface area contributed by atoms with Crippen molar-refractivity contribution >= 4 is 5.97 Å². The van der Waals surface area contributed by atoms with Gasteiger partial charge in [0.25, 0.3) is 5.82 Å². The number of carbonyl (C=O) groups excluding carboxylic acids is 1. The minimum atomic E-state index is -0.494. The Morgan fingerprint density at radius 1 is 1.33 bits per heavy atom. The van der Waals surface area contributed by atoms with E-state index in [9.17, 15) is 4.79 Å². The fourth-order valence-corrected chi connectivity index (χ4v) is 1.62. The summed E-state index contributed by atoms with van der Waals surface area (Å²) >= 11 is 0. The van der Waals surface area contributed by atoms with Crippen LogP contribution < -0.4 is 0 Å². The molecule has 0 unspecified atom stereocenters. The number of rotatable bonds is 3. The maximum Gasteiger partial charge on any atom is 0.378 e. The van der Waals surface area contributed by atoms with Gasteiger partial charge in [-0.15, -0.1) is 5.10 Å². The van der Waals surface area contributed by atoms with Gasteiger partial charge >= 0.3 is 5.97 Å². The number of carbonyl (C=O) groups is 1. The smallest absolute Gasteiger partial charge is 0.378 e. The number of hydrogen-bond donors (Lipinski definition) is 0. The number of hydrogen-bond acceptors (Lipinski definition) is 4. The van der Waals surface area contributed by atoms with Gasteiger partial charge in [-0.25, -0.2) is 14.5 Å². The normalized spacial score (nSPS) is 10.4. The highest BCUT2D eigenvalue weighted by molar-refractivity contribution is 5.85. The lowest BCUT2D eigenvalue weighted by Gasteiger charge is -1.99. The van der Waals surface area contributed by atoms with Crippen LogP contribution >= 0.6 is 0 Å². The number of ether oxygens (including phenoxy) is 1. The van der Waals surface area contributed by atoms with Crippen LogP contribution in [-0.4, -0.2) is 27.3 Å². The standard InChI is InChI=1S/C13H15N3O2/c1-4-18-13(17)11-14-12(16(3)15-11)10-7-5-9(2)6-8-10/h5-8H,4H2,1-3H3. The molecule has 1 aromatic heterocycles. The lowest BCUT2D eigenvalue weighted by Crippen LogP contribution is -2.07. The van der Waals surface area contributed by atoms with Gasteiger partial charge in [-0.05, 0) is 13.8 Å². The molecule has 0 fully saturated rings. The molecule has 0 aliphatic heterocycles. The molecule has 5 heteroatoms. The van der Waals surface area contributed by atoms with Gasteiger partial charge in [0, 0.05) is 12.6 Å². The topological polar surface area (TPSA) is 57.0 Å². The average molecular weight is 245 g/mol. The lowest BCUT2D eigenvalue weighted by atomic mass is 10.1. The molecule has 0 aliphatic carbocycles. The first kappa shape index (κ1) is 12.3. The predicted molar refractivity (Wildman–Crippen MR) is 67.1 cm³/mol. The summed E-state index contributed by atoms with van der Waals surface area (Å²) in [5.74, 6) is 0.249. The summed E-state index contributed by atoms with van der Waals surface area (Å²) in [6.07, 6.45) is 0. The first-order valence-corrected chi connectivity index (χ1v) is 5.77. The van der Waals surface area contributed by atoms with Gasteiger partial charge < -0.3 is 4.74 Å². The van der Waals surface area contributed by atoms with E-state index < -0.39 is 5.97 Å². The molecule has 1 aromatic carbocycles. The van der Waals surface area contributed by atoms with Crippen molar-refractivity contribution in [3.63, 3.8) is 0 Å². The SMILES string of the molecule is CCOC(=O)c1nc(-c2ccc(C)cc2)n(C)n1. The van der Waals surface area contributed by atoms with E-state index >= 15 is 0 Å². The summed E-state index contributed by atoms with van der Waals surface area (Å²) < 4.78 is 6.45. The highest BCUT2D eigenvalue weighted by Gasteiger charge is 2.16. The molecule has 0 spiro atoms. The molecule has 0 saturated heterocycles. The molecule has 0 bridgehead atoms. The van der Waals surface area contributed by atoms with Crippen LogP contribution in [0.4, 0.5) is 0 Å². The first-order valence-electron chi connectivity index (χ1n) is 5.77. The number of aryl methyl sites for hydroxylation is 2. The molecule has 0 atom stereocenters. The van der Waals surface area contributed by atoms with Crippen LogP contribution in [0.3, 0.4) is 0 Å². The largest absolute Gasteiger partial charge is 0.460 e. The summed E-state index contributed by atoms with van der Waals surface area (Å²) in [6.45, 7) is 4.09. The highest BCUT2D eigenvalue weighted by atomic mass is 16.5. The summed E-state index contributed by atoms with van der Waals surface area (Å²) in [6, 6.07) is 7.89. The van der Waals surface area contributed by atoms with Gasteiger partial charge in [-0.1, -0.05) is 29.8 Å². The quantitative estimate of drug-likeness (QED) is 0.776. The van der Waals surface area contributed by atoms with Crippen molar-refractivity contribution in [3.8, 4) is 11.4 Å². The fraction of sp³-hybridized carbons (Fsp3) is 0.308. The molecule has 0 amide bonds. The molecule has 94 valence electrons. The van der Waals surface area contributed by atoms with Gasteiger partial charge in [0.15, 0.2) is 5.82 Å². The molecule has 0 saturated carbocycles. The van der Waals surface area contributed by atoms with E-state index in [2.05, 4.69) is 10.1 Å². The Hall–Kier alpha value is -2.17. The Morgan fingerprint density at radius 2 is 2.00 bits per heavy atom. The first-order chi connectivity index (χ1) is 8.61. The lowest BCUT2D eigenvalue weighted by molar-refractivity contribution is 0.0512. The second-order valence-electron chi connectivity index (χ2n) is 3.97. The van der Waals surface area contributed by atoms with E-state index in [1.165, 1.54) is 5.56 Å². The summed E-state index contributed by atoms with van der Waals surface area (Å²) in [4.78, 5) is 15.7.